The van der Waals surface area contributed by atoms with E-state index in [2.05, 4.69) is 33.2 Å². The molecule has 108 valence electrons. The number of nitrogens with one attached hydrogen (secondary N) is 2. The number of amidine groups is 1. The third kappa shape index (κ3) is 3.10. The Morgan fingerprint density at radius 2 is 2.05 bits per heavy atom. The van der Waals surface area contributed by atoms with Crippen LogP contribution in [0.25, 0.3) is 0 Å². The van der Waals surface area contributed by atoms with Crippen molar-refractivity contribution in [1.29, 1.82) is 0 Å². The highest BCUT2D eigenvalue weighted by molar-refractivity contribution is 14.1. The minimum Gasteiger partial charge on any atom is -0.320 e. The third-order valence-corrected chi connectivity index (χ3v) is 3.61. The molecule has 8 heteroatoms. The first-order valence-corrected chi connectivity index (χ1v) is 7.02. The molecule has 3 rings (SSSR count). The summed E-state index contributed by atoms with van der Waals surface area (Å²) in [6, 6.07) is 2.85. The van der Waals surface area contributed by atoms with Crippen LogP contribution < -0.4 is 10.2 Å². The van der Waals surface area contributed by atoms with Crippen LogP contribution in [0.3, 0.4) is 0 Å². The number of nitrogens with zero attached hydrogens (tertiary/aromatic N) is 2. The number of halogens is 3. The van der Waals surface area contributed by atoms with Crippen LogP contribution in [0.4, 0.5) is 14.5 Å². The van der Waals surface area contributed by atoms with E-state index in [1.165, 1.54) is 0 Å². The highest BCUT2D eigenvalue weighted by atomic mass is 127. The number of quaternary nitrogens is 1. The molecule has 1 amide bonds. The monoisotopic (exact) mass is 403 g/mol. The maximum Gasteiger partial charge on any atom is 0.280 e. The van der Waals surface area contributed by atoms with Gasteiger partial charge in [-0.15, -0.1) is 0 Å². The fourth-order valence-corrected chi connectivity index (χ4v) is 2.58. The SMILES string of the molecule is O=C(Nc1cc(F)cc(F)c1)C1=C[NH+]2CN(I)C=CC2=N1. The summed E-state index contributed by atoms with van der Waals surface area (Å²) in [6.45, 7) is 0.654. The molecule has 0 aromatic heterocycles. The number of hydrogen-bond donors (Lipinski definition) is 2. The number of amides is 1. The summed E-state index contributed by atoms with van der Waals surface area (Å²) in [5.41, 5.74) is 0.283. The van der Waals surface area contributed by atoms with Crippen LogP contribution in [0, 0.1) is 11.6 Å². The third-order valence-electron chi connectivity index (χ3n) is 2.95. The van der Waals surface area contributed by atoms with Crippen LogP contribution in [0.1, 0.15) is 0 Å². The number of anilines is 1. The van der Waals surface area contributed by atoms with E-state index >= 15 is 0 Å². The van der Waals surface area contributed by atoms with Gasteiger partial charge in [0.1, 0.15) is 17.8 Å². The van der Waals surface area contributed by atoms with Crippen molar-refractivity contribution in [3.63, 3.8) is 0 Å². The molecule has 2 aliphatic rings. The highest BCUT2D eigenvalue weighted by Gasteiger charge is 2.29. The molecule has 2 N–H and O–H groups in total. The molecule has 0 bridgehead atoms. The van der Waals surface area contributed by atoms with E-state index in [-0.39, 0.29) is 11.4 Å². The number of carbonyl (C=O) groups is 1. The largest absolute Gasteiger partial charge is 0.320 e. The number of hydrogen-bond acceptors (Lipinski definition) is 3. The molecule has 2 heterocycles. The zero-order valence-corrected chi connectivity index (χ0v) is 12.8. The van der Waals surface area contributed by atoms with Gasteiger partial charge in [0.25, 0.3) is 5.91 Å². The van der Waals surface area contributed by atoms with E-state index in [4.69, 9.17) is 0 Å². The average molecular weight is 403 g/mol. The lowest BCUT2D eigenvalue weighted by atomic mass is 10.3. The van der Waals surface area contributed by atoms with Gasteiger partial charge in [0.15, 0.2) is 12.4 Å². The maximum atomic E-state index is 13.1. The Kier molecular flexibility index (Phi) is 3.72. The van der Waals surface area contributed by atoms with Crippen LogP contribution in [0.2, 0.25) is 0 Å². The molecule has 0 fully saturated rings. The standard InChI is InChI=1S/C13H9F2IN4O/c14-8-3-9(15)5-10(4-8)17-13(21)11-6-19-7-20(16)2-1-12(19)18-11/h1-6H,7H2,(H,17,21)/p+1. The van der Waals surface area contributed by atoms with Gasteiger partial charge in [-0.2, -0.15) is 4.99 Å². The summed E-state index contributed by atoms with van der Waals surface area (Å²) < 4.78 is 28.1. The van der Waals surface area contributed by atoms with Gasteiger partial charge < -0.3 is 5.32 Å². The van der Waals surface area contributed by atoms with Crippen LogP contribution >= 0.6 is 22.9 Å². The quantitative estimate of drug-likeness (QED) is 0.576. The van der Waals surface area contributed by atoms with Crippen LogP contribution in [0.5, 0.6) is 0 Å². The lowest BCUT2D eigenvalue weighted by molar-refractivity contribution is -0.753. The van der Waals surface area contributed by atoms with Crippen molar-refractivity contribution in [2.45, 2.75) is 0 Å². The topological polar surface area (TPSA) is 49.1 Å². The molecule has 1 unspecified atom stereocenters. The summed E-state index contributed by atoms with van der Waals surface area (Å²) in [5.74, 6) is -1.26. The van der Waals surface area contributed by atoms with E-state index in [0.717, 1.165) is 28.9 Å². The van der Waals surface area contributed by atoms with Crippen molar-refractivity contribution in [3.8, 4) is 0 Å². The second-order valence-corrected chi connectivity index (χ2v) is 5.78. The van der Waals surface area contributed by atoms with Gasteiger partial charge in [0.05, 0.1) is 22.9 Å². The Bertz CT molecular complexity index is 681. The van der Waals surface area contributed by atoms with Gasteiger partial charge in [0.2, 0.25) is 5.84 Å². The summed E-state index contributed by atoms with van der Waals surface area (Å²) >= 11 is 2.14. The van der Waals surface area contributed by atoms with E-state index in [0.29, 0.717) is 6.67 Å². The molecular formula is C13H10F2IN4O+. The average Bonchev–Trinajstić information content (AvgIpc) is 2.80. The minimum absolute atomic E-state index is 0.0598. The van der Waals surface area contributed by atoms with E-state index in [1.807, 2.05) is 15.4 Å². The number of benzene rings is 1. The van der Waals surface area contributed by atoms with Crippen LogP contribution in [-0.4, -0.2) is 21.5 Å². The summed E-state index contributed by atoms with van der Waals surface area (Å²) in [5, 5.41) is 2.44. The summed E-state index contributed by atoms with van der Waals surface area (Å²) in [4.78, 5) is 17.2. The van der Waals surface area contributed by atoms with Gasteiger partial charge in [-0.1, -0.05) is 0 Å². The van der Waals surface area contributed by atoms with E-state index in [9.17, 15) is 13.6 Å². The van der Waals surface area contributed by atoms with Crippen LogP contribution in [-0.2, 0) is 4.79 Å². The molecule has 21 heavy (non-hydrogen) atoms. The van der Waals surface area contributed by atoms with Gasteiger partial charge in [-0.3, -0.25) is 7.91 Å². The van der Waals surface area contributed by atoms with Crippen molar-refractivity contribution < 1.29 is 18.5 Å². The number of rotatable bonds is 2. The van der Waals surface area contributed by atoms with Crippen molar-refractivity contribution in [2.75, 3.05) is 12.0 Å². The fraction of sp³-hybridized carbons (Fsp3) is 0.0769. The van der Waals surface area contributed by atoms with Gasteiger partial charge in [-0.25, -0.2) is 13.7 Å². The van der Waals surface area contributed by atoms with E-state index < -0.39 is 17.5 Å². The van der Waals surface area contributed by atoms with Crippen molar-refractivity contribution in [3.05, 3.63) is 54.0 Å². The lowest BCUT2D eigenvalue weighted by Gasteiger charge is -2.19. The molecule has 0 radical (unpaired) electrons. The molecule has 1 aromatic carbocycles. The second-order valence-electron chi connectivity index (χ2n) is 4.54. The molecule has 1 atom stereocenters. The van der Waals surface area contributed by atoms with Gasteiger partial charge in [0, 0.05) is 24.0 Å². The first-order valence-electron chi connectivity index (χ1n) is 6.06. The summed E-state index contributed by atoms with van der Waals surface area (Å²) in [7, 11) is 0. The maximum absolute atomic E-state index is 13.1. The Labute approximate surface area is 133 Å². The summed E-state index contributed by atoms with van der Waals surface area (Å²) in [6.07, 6.45) is 5.35. The number of fused-ring (bicyclic) bond motifs is 1. The number of aliphatic imine (C=N–C) groups is 1. The Morgan fingerprint density at radius 3 is 2.76 bits per heavy atom. The zero-order chi connectivity index (χ0) is 15.0. The molecule has 0 aliphatic carbocycles. The minimum atomic E-state index is -0.747. The number of carbonyl (C=O) groups excluding carboxylic acids is 1. The van der Waals surface area contributed by atoms with Crippen molar-refractivity contribution in [1.82, 2.24) is 3.11 Å². The predicted molar refractivity (Wildman–Crippen MR) is 81.3 cm³/mol. The lowest BCUT2D eigenvalue weighted by Crippen LogP contribution is -3.11. The Hall–Kier alpha value is -1.81. The highest BCUT2D eigenvalue weighted by Crippen LogP contribution is 2.15. The van der Waals surface area contributed by atoms with Crippen molar-refractivity contribution >= 4 is 40.3 Å². The molecule has 0 saturated heterocycles. The molecule has 2 aliphatic heterocycles. The van der Waals surface area contributed by atoms with Crippen LogP contribution in [0.15, 0.2) is 47.4 Å². The zero-order valence-electron chi connectivity index (χ0n) is 10.6. The molecule has 5 nitrogen and oxygen atoms in total. The Balaban J connectivity index is 1.77. The first kappa shape index (κ1) is 14.1. The fourth-order valence-electron chi connectivity index (χ4n) is 2.05. The molecule has 0 saturated carbocycles. The molecule has 1 aromatic rings. The van der Waals surface area contributed by atoms with Crippen molar-refractivity contribution in [2.24, 2.45) is 4.99 Å². The second kappa shape index (κ2) is 5.53. The predicted octanol–water partition coefficient (Wildman–Crippen LogP) is 1.18. The Morgan fingerprint density at radius 1 is 1.33 bits per heavy atom. The normalized spacial score (nSPS) is 20.0. The van der Waals surface area contributed by atoms with Gasteiger partial charge in [-0.05, 0) is 12.1 Å². The van der Waals surface area contributed by atoms with Gasteiger partial charge >= 0.3 is 0 Å². The first-order chi connectivity index (χ1) is 10.0. The van der Waals surface area contributed by atoms with E-state index in [1.54, 1.807) is 6.20 Å². The molecule has 0 spiro atoms. The molecular weight excluding hydrogens is 393 g/mol. The smallest absolute Gasteiger partial charge is 0.280 e.